The fourth-order valence-corrected chi connectivity index (χ4v) is 1.85. The lowest BCUT2D eigenvalue weighted by molar-refractivity contribution is -0.140. The summed E-state index contributed by atoms with van der Waals surface area (Å²) in [6.07, 6.45) is 1.58. The first-order chi connectivity index (χ1) is 8.59. The zero-order valence-corrected chi connectivity index (χ0v) is 9.38. The largest absolute Gasteiger partial charge is 0.480 e. The van der Waals surface area contributed by atoms with Crippen molar-refractivity contribution in [1.82, 2.24) is 10.3 Å². The molecule has 1 aromatic heterocycles. The summed E-state index contributed by atoms with van der Waals surface area (Å²) in [7, 11) is 0. The average molecular weight is 248 g/mol. The fraction of sp³-hybridized carbons (Fsp3) is 0.167. The van der Waals surface area contributed by atoms with Crippen LogP contribution in [0.15, 0.2) is 30.5 Å². The second-order valence-electron chi connectivity index (χ2n) is 3.84. The van der Waals surface area contributed by atoms with Gasteiger partial charge in [-0.25, -0.2) is 0 Å². The zero-order chi connectivity index (χ0) is 13.1. The number of H-pyrrole nitrogens is 1. The number of carboxylic acid groups (broad SMARTS) is 2. The Balaban J connectivity index is 2.36. The Bertz CT molecular complexity index is 591. The molecule has 1 heterocycles. The van der Waals surface area contributed by atoms with E-state index in [1.807, 2.05) is 12.1 Å². The molecule has 0 aliphatic carbocycles. The van der Waals surface area contributed by atoms with Crippen LogP contribution in [0.2, 0.25) is 0 Å². The van der Waals surface area contributed by atoms with E-state index in [0.29, 0.717) is 5.56 Å². The molecule has 0 saturated heterocycles. The molecule has 1 aromatic carbocycles. The van der Waals surface area contributed by atoms with Gasteiger partial charge in [0, 0.05) is 22.7 Å². The smallest absolute Gasteiger partial charge is 0.325 e. The number of benzene rings is 1. The first-order valence-electron chi connectivity index (χ1n) is 5.33. The number of para-hydroxylation sites is 1. The summed E-state index contributed by atoms with van der Waals surface area (Å²) in [6, 6.07) is 6.21. The maximum Gasteiger partial charge on any atom is 0.325 e. The van der Waals surface area contributed by atoms with Gasteiger partial charge in [-0.3, -0.25) is 14.9 Å². The van der Waals surface area contributed by atoms with E-state index in [0.717, 1.165) is 10.9 Å². The Morgan fingerprint density at radius 3 is 2.67 bits per heavy atom. The van der Waals surface area contributed by atoms with E-state index in [2.05, 4.69) is 10.3 Å². The summed E-state index contributed by atoms with van der Waals surface area (Å²) < 4.78 is 0. The fourth-order valence-electron chi connectivity index (χ4n) is 1.85. The van der Waals surface area contributed by atoms with Crippen molar-refractivity contribution in [2.45, 2.75) is 6.04 Å². The number of rotatable bonds is 5. The molecule has 1 unspecified atom stereocenters. The third-order valence-electron chi connectivity index (χ3n) is 2.64. The summed E-state index contributed by atoms with van der Waals surface area (Å²) in [5.74, 6) is -2.21. The predicted octanol–water partition coefficient (Wildman–Crippen LogP) is 0.968. The van der Waals surface area contributed by atoms with Crippen molar-refractivity contribution in [1.29, 1.82) is 0 Å². The van der Waals surface area contributed by atoms with E-state index < -0.39 is 24.5 Å². The number of hydrogen-bond acceptors (Lipinski definition) is 3. The van der Waals surface area contributed by atoms with Gasteiger partial charge >= 0.3 is 11.9 Å². The third kappa shape index (κ3) is 2.33. The van der Waals surface area contributed by atoms with Crippen molar-refractivity contribution >= 4 is 22.8 Å². The molecular formula is C12H12N2O4. The molecule has 6 heteroatoms. The van der Waals surface area contributed by atoms with Gasteiger partial charge < -0.3 is 15.2 Å². The van der Waals surface area contributed by atoms with Crippen LogP contribution < -0.4 is 5.32 Å². The molecule has 18 heavy (non-hydrogen) atoms. The van der Waals surface area contributed by atoms with Gasteiger partial charge in [-0.2, -0.15) is 0 Å². The first-order valence-corrected chi connectivity index (χ1v) is 5.33. The van der Waals surface area contributed by atoms with Gasteiger partial charge in [-0.05, 0) is 6.07 Å². The summed E-state index contributed by atoms with van der Waals surface area (Å²) in [5.41, 5.74) is 1.34. The molecule has 4 N–H and O–H groups in total. The Kier molecular flexibility index (Phi) is 3.29. The van der Waals surface area contributed by atoms with E-state index in [1.165, 1.54) is 0 Å². The first kappa shape index (κ1) is 12.1. The normalized spacial score (nSPS) is 12.4. The molecule has 0 aliphatic rings. The Labute approximate surface area is 102 Å². The van der Waals surface area contributed by atoms with E-state index in [-0.39, 0.29) is 0 Å². The van der Waals surface area contributed by atoms with Gasteiger partial charge in [-0.1, -0.05) is 18.2 Å². The van der Waals surface area contributed by atoms with Gasteiger partial charge in [-0.15, -0.1) is 0 Å². The average Bonchev–Trinajstić information content (AvgIpc) is 2.73. The molecule has 94 valence electrons. The number of aliphatic carboxylic acids is 2. The lowest BCUT2D eigenvalue weighted by atomic mass is 10.1. The van der Waals surface area contributed by atoms with Crippen molar-refractivity contribution in [3.8, 4) is 0 Å². The van der Waals surface area contributed by atoms with Crippen LogP contribution in [0.1, 0.15) is 11.6 Å². The molecule has 0 radical (unpaired) electrons. The van der Waals surface area contributed by atoms with E-state index in [9.17, 15) is 9.59 Å². The monoisotopic (exact) mass is 248 g/mol. The third-order valence-corrected chi connectivity index (χ3v) is 2.64. The molecule has 0 fully saturated rings. The molecule has 0 saturated carbocycles. The van der Waals surface area contributed by atoms with Crippen molar-refractivity contribution in [2.24, 2.45) is 0 Å². The van der Waals surface area contributed by atoms with Crippen LogP contribution in [-0.2, 0) is 9.59 Å². The van der Waals surface area contributed by atoms with Crippen LogP contribution in [0.25, 0.3) is 10.9 Å². The van der Waals surface area contributed by atoms with Crippen LogP contribution in [-0.4, -0.2) is 33.7 Å². The Hall–Kier alpha value is -2.34. The molecule has 2 rings (SSSR count). The second kappa shape index (κ2) is 4.89. The lowest BCUT2D eigenvalue weighted by Crippen LogP contribution is -2.32. The SMILES string of the molecule is O=C(O)CNC(C(=O)O)c1c[nH]c2ccccc12. The maximum absolute atomic E-state index is 11.2. The molecule has 0 aliphatic heterocycles. The highest BCUT2D eigenvalue weighted by atomic mass is 16.4. The van der Waals surface area contributed by atoms with Crippen LogP contribution in [0.4, 0.5) is 0 Å². The van der Waals surface area contributed by atoms with Gasteiger partial charge in [0.15, 0.2) is 0 Å². The second-order valence-corrected chi connectivity index (χ2v) is 3.84. The van der Waals surface area contributed by atoms with Crippen LogP contribution in [0.3, 0.4) is 0 Å². The predicted molar refractivity (Wildman–Crippen MR) is 64.3 cm³/mol. The molecule has 2 aromatic rings. The highest BCUT2D eigenvalue weighted by Crippen LogP contribution is 2.24. The molecule has 0 spiro atoms. The number of carbonyl (C=O) groups is 2. The van der Waals surface area contributed by atoms with Gasteiger partial charge in [0.2, 0.25) is 0 Å². The van der Waals surface area contributed by atoms with Gasteiger partial charge in [0.05, 0.1) is 6.54 Å². The Morgan fingerprint density at radius 1 is 1.28 bits per heavy atom. The number of carboxylic acids is 2. The quantitative estimate of drug-likeness (QED) is 0.631. The summed E-state index contributed by atoms with van der Waals surface area (Å²) in [5, 5.41) is 21.0. The zero-order valence-electron chi connectivity index (χ0n) is 9.38. The van der Waals surface area contributed by atoms with Gasteiger partial charge in [0.25, 0.3) is 0 Å². The maximum atomic E-state index is 11.2. The highest BCUT2D eigenvalue weighted by Gasteiger charge is 2.22. The van der Waals surface area contributed by atoms with Gasteiger partial charge in [0.1, 0.15) is 6.04 Å². The lowest BCUT2D eigenvalue weighted by Gasteiger charge is -2.12. The Morgan fingerprint density at radius 2 is 2.00 bits per heavy atom. The molecule has 0 amide bonds. The summed E-state index contributed by atoms with van der Waals surface area (Å²) in [6.45, 7) is -0.406. The van der Waals surface area contributed by atoms with Crippen molar-refractivity contribution in [2.75, 3.05) is 6.54 Å². The topological polar surface area (TPSA) is 102 Å². The number of hydrogen-bond donors (Lipinski definition) is 4. The summed E-state index contributed by atoms with van der Waals surface area (Å²) in [4.78, 5) is 24.6. The van der Waals surface area contributed by atoms with Crippen molar-refractivity contribution < 1.29 is 19.8 Å². The molecule has 1 atom stereocenters. The van der Waals surface area contributed by atoms with Crippen LogP contribution in [0.5, 0.6) is 0 Å². The van der Waals surface area contributed by atoms with E-state index in [4.69, 9.17) is 10.2 Å². The molecule has 0 bridgehead atoms. The van der Waals surface area contributed by atoms with Crippen LogP contribution in [0, 0.1) is 0 Å². The number of fused-ring (bicyclic) bond motifs is 1. The molecular weight excluding hydrogens is 236 g/mol. The van der Waals surface area contributed by atoms with Crippen molar-refractivity contribution in [3.63, 3.8) is 0 Å². The minimum atomic E-state index is -1.11. The number of aromatic nitrogens is 1. The van der Waals surface area contributed by atoms with Crippen LogP contribution >= 0.6 is 0 Å². The summed E-state index contributed by atoms with van der Waals surface area (Å²) >= 11 is 0. The number of nitrogens with one attached hydrogen (secondary N) is 2. The van der Waals surface area contributed by atoms with Crippen molar-refractivity contribution in [3.05, 3.63) is 36.0 Å². The molecule has 6 nitrogen and oxygen atoms in total. The standard InChI is InChI=1S/C12H12N2O4/c15-10(16)6-14-11(12(17)18)8-5-13-9-4-2-1-3-7(8)9/h1-5,11,13-14H,6H2,(H,15,16)(H,17,18). The highest BCUT2D eigenvalue weighted by molar-refractivity contribution is 5.89. The van der Waals surface area contributed by atoms with E-state index >= 15 is 0 Å². The minimum absolute atomic E-state index is 0.406. The number of aromatic amines is 1. The van der Waals surface area contributed by atoms with E-state index in [1.54, 1.807) is 18.3 Å². The minimum Gasteiger partial charge on any atom is -0.480 e.